The van der Waals surface area contributed by atoms with E-state index in [4.69, 9.17) is 5.73 Å². The first-order valence-corrected chi connectivity index (χ1v) is 6.44. The molecule has 0 spiro atoms. The van der Waals surface area contributed by atoms with Crippen LogP contribution in [0.3, 0.4) is 0 Å². The van der Waals surface area contributed by atoms with Crippen LogP contribution in [0.5, 0.6) is 0 Å². The molecule has 4 nitrogen and oxygen atoms in total. The first-order valence-electron chi connectivity index (χ1n) is 6.44. The van der Waals surface area contributed by atoms with Gasteiger partial charge in [0.2, 0.25) is 5.91 Å². The van der Waals surface area contributed by atoms with Crippen molar-refractivity contribution in [1.82, 2.24) is 0 Å². The maximum absolute atomic E-state index is 10.9. The van der Waals surface area contributed by atoms with E-state index in [9.17, 15) is 9.90 Å². The SMILES string of the molecule is CC(=O)Nc1ccc(C(O)C(N)c2ccccc2)cc1. The minimum atomic E-state index is -0.788. The molecule has 0 radical (unpaired) electrons. The molecule has 2 atom stereocenters. The number of anilines is 1. The highest BCUT2D eigenvalue weighted by Crippen LogP contribution is 2.27. The van der Waals surface area contributed by atoms with E-state index in [0.29, 0.717) is 5.69 Å². The molecule has 2 rings (SSSR count). The molecule has 1 amide bonds. The molecule has 4 N–H and O–H groups in total. The van der Waals surface area contributed by atoms with E-state index in [-0.39, 0.29) is 5.91 Å². The van der Waals surface area contributed by atoms with E-state index in [1.807, 2.05) is 30.3 Å². The van der Waals surface area contributed by atoms with Gasteiger partial charge in [0.1, 0.15) is 0 Å². The van der Waals surface area contributed by atoms with Gasteiger partial charge < -0.3 is 16.2 Å². The Hall–Kier alpha value is -2.17. The van der Waals surface area contributed by atoms with Crippen molar-refractivity contribution >= 4 is 11.6 Å². The summed E-state index contributed by atoms with van der Waals surface area (Å²) in [5.74, 6) is -0.126. The van der Waals surface area contributed by atoms with Crippen molar-refractivity contribution in [3.8, 4) is 0 Å². The normalized spacial score (nSPS) is 13.6. The number of rotatable bonds is 4. The van der Waals surface area contributed by atoms with E-state index in [1.54, 1.807) is 24.3 Å². The molecular formula is C16H18N2O2. The Bertz CT molecular complexity index is 567. The molecule has 20 heavy (non-hydrogen) atoms. The van der Waals surface area contributed by atoms with Gasteiger partial charge in [-0.25, -0.2) is 0 Å². The number of carbonyl (C=O) groups is 1. The van der Waals surface area contributed by atoms with Gasteiger partial charge >= 0.3 is 0 Å². The summed E-state index contributed by atoms with van der Waals surface area (Å²) < 4.78 is 0. The molecule has 0 aliphatic carbocycles. The highest BCUT2D eigenvalue weighted by molar-refractivity contribution is 5.88. The van der Waals surface area contributed by atoms with Crippen molar-refractivity contribution < 1.29 is 9.90 Å². The average molecular weight is 270 g/mol. The third-order valence-corrected chi connectivity index (χ3v) is 3.10. The molecule has 104 valence electrons. The minimum Gasteiger partial charge on any atom is -0.386 e. The molecule has 0 saturated heterocycles. The summed E-state index contributed by atoms with van der Waals surface area (Å²) in [7, 11) is 0. The van der Waals surface area contributed by atoms with E-state index < -0.39 is 12.1 Å². The number of nitrogens with one attached hydrogen (secondary N) is 1. The van der Waals surface area contributed by atoms with Crippen LogP contribution in [0.2, 0.25) is 0 Å². The number of aliphatic hydroxyl groups excluding tert-OH is 1. The predicted molar refractivity (Wildman–Crippen MR) is 79.1 cm³/mol. The maximum Gasteiger partial charge on any atom is 0.221 e. The van der Waals surface area contributed by atoms with E-state index >= 15 is 0 Å². The first kappa shape index (κ1) is 14.2. The van der Waals surface area contributed by atoms with Gasteiger partial charge in [0.15, 0.2) is 0 Å². The number of nitrogens with two attached hydrogens (primary N) is 1. The molecule has 0 bridgehead atoms. The lowest BCUT2D eigenvalue weighted by molar-refractivity contribution is -0.114. The topological polar surface area (TPSA) is 75.3 Å². The summed E-state index contributed by atoms with van der Waals surface area (Å²) in [6.07, 6.45) is -0.788. The van der Waals surface area contributed by atoms with Crippen LogP contribution >= 0.6 is 0 Å². The zero-order valence-electron chi connectivity index (χ0n) is 11.3. The second kappa shape index (κ2) is 6.32. The Morgan fingerprint density at radius 3 is 2.20 bits per heavy atom. The highest BCUT2D eigenvalue weighted by atomic mass is 16.3. The molecule has 4 heteroatoms. The molecule has 0 heterocycles. The molecule has 2 aromatic rings. The molecule has 0 aromatic heterocycles. The van der Waals surface area contributed by atoms with Crippen molar-refractivity contribution in [3.05, 3.63) is 65.7 Å². The summed E-state index contributed by atoms with van der Waals surface area (Å²) in [4.78, 5) is 10.9. The lowest BCUT2D eigenvalue weighted by Gasteiger charge is -2.19. The van der Waals surface area contributed by atoms with Crippen LogP contribution in [-0.2, 0) is 4.79 Å². The number of hydrogen-bond acceptors (Lipinski definition) is 3. The van der Waals surface area contributed by atoms with E-state index in [2.05, 4.69) is 5.32 Å². The predicted octanol–water partition coefficient (Wildman–Crippen LogP) is 2.38. The van der Waals surface area contributed by atoms with Gasteiger partial charge in [-0.15, -0.1) is 0 Å². The largest absolute Gasteiger partial charge is 0.386 e. The maximum atomic E-state index is 10.9. The van der Waals surface area contributed by atoms with Gasteiger partial charge in [-0.1, -0.05) is 42.5 Å². The van der Waals surface area contributed by atoms with Crippen molar-refractivity contribution in [2.75, 3.05) is 5.32 Å². The Morgan fingerprint density at radius 1 is 1.05 bits per heavy atom. The summed E-state index contributed by atoms with van der Waals surface area (Å²) >= 11 is 0. The van der Waals surface area contributed by atoms with E-state index in [1.165, 1.54) is 6.92 Å². The summed E-state index contributed by atoms with van der Waals surface area (Å²) in [5, 5.41) is 13.0. The minimum absolute atomic E-state index is 0.126. The van der Waals surface area contributed by atoms with E-state index in [0.717, 1.165) is 11.1 Å². The second-order valence-electron chi connectivity index (χ2n) is 4.68. The highest BCUT2D eigenvalue weighted by Gasteiger charge is 2.18. The third kappa shape index (κ3) is 3.44. The number of aliphatic hydroxyl groups is 1. The standard InChI is InChI=1S/C16H18N2O2/c1-11(19)18-14-9-7-13(8-10-14)16(20)15(17)12-5-3-2-4-6-12/h2-10,15-16,20H,17H2,1H3,(H,18,19). The third-order valence-electron chi connectivity index (χ3n) is 3.10. The lowest BCUT2D eigenvalue weighted by Crippen LogP contribution is -2.19. The van der Waals surface area contributed by atoms with Gasteiger partial charge in [0.25, 0.3) is 0 Å². The van der Waals surface area contributed by atoms with Gasteiger partial charge in [-0.2, -0.15) is 0 Å². The number of amides is 1. The Balaban J connectivity index is 2.13. The van der Waals surface area contributed by atoms with Crippen molar-refractivity contribution in [3.63, 3.8) is 0 Å². The fourth-order valence-corrected chi connectivity index (χ4v) is 2.03. The fraction of sp³-hybridized carbons (Fsp3) is 0.188. The van der Waals surface area contributed by atoms with Crippen LogP contribution in [0.15, 0.2) is 54.6 Å². The van der Waals surface area contributed by atoms with Crippen LogP contribution in [0.4, 0.5) is 5.69 Å². The van der Waals surface area contributed by atoms with Crippen LogP contribution in [0.1, 0.15) is 30.2 Å². The Kier molecular flexibility index (Phi) is 4.50. The first-order chi connectivity index (χ1) is 9.58. The summed E-state index contributed by atoms with van der Waals surface area (Å²) in [6, 6.07) is 16.0. The van der Waals surface area contributed by atoms with Crippen LogP contribution < -0.4 is 11.1 Å². The number of benzene rings is 2. The quantitative estimate of drug-likeness (QED) is 0.798. The zero-order valence-corrected chi connectivity index (χ0v) is 11.3. The Labute approximate surface area is 118 Å². The Morgan fingerprint density at radius 2 is 1.65 bits per heavy atom. The fourth-order valence-electron chi connectivity index (χ4n) is 2.03. The molecule has 0 aliphatic rings. The van der Waals surface area contributed by atoms with Crippen LogP contribution in [-0.4, -0.2) is 11.0 Å². The van der Waals surface area contributed by atoms with Gasteiger partial charge in [-0.05, 0) is 23.3 Å². The summed E-state index contributed by atoms with van der Waals surface area (Å²) in [5.41, 5.74) is 8.36. The number of carbonyl (C=O) groups excluding carboxylic acids is 1. The van der Waals surface area contributed by atoms with Crippen molar-refractivity contribution in [2.24, 2.45) is 5.73 Å². The smallest absolute Gasteiger partial charge is 0.221 e. The van der Waals surface area contributed by atoms with Gasteiger partial charge in [0, 0.05) is 12.6 Å². The zero-order chi connectivity index (χ0) is 14.5. The summed E-state index contributed by atoms with van der Waals surface area (Å²) in [6.45, 7) is 1.45. The molecule has 0 fully saturated rings. The monoisotopic (exact) mass is 270 g/mol. The molecule has 0 aliphatic heterocycles. The molecule has 2 aromatic carbocycles. The van der Waals surface area contributed by atoms with Gasteiger partial charge in [-0.3, -0.25) is 4.79 Å². The molecular weight excluding hydrogens is 252 g/mol. The van der Waals surface area contributed by atoms with Gasteiger partial charge in [0.05, 0.1) is 12.1 Å². The average Bonchev–Trinajstić information content (AvgIpc) is 2.47. The second-order valence-corrected chi connectivity index (χ2v) is 4.68. The van der Waals surface area contributed by atoms with Crippen LogP contribution in [0.25, 0.3) is 0 Å². The molecule has 0 saturated carbocycles. The van der Waals surface area contributed by atoms with Crippen LogP contribution in [0, 0.1) is 0 Å². The van der Waals surface area contributed by atoms with Crippen molar-refractivity contribution in [2.45, 2.75) is 19.1 Å². The molecule has 2 unspecified atom stereocenters. The van der Waals surface area contributed by atoms with Crippen molar-refractivity contribution in [1.29, 1.82) is 0 Å². The number of hydrogen-bond donors (Lipinski definition) is 3. The lowest BCUT2D eigenvalue weighted by atomic mass is 9.96.